The lowest BCUT2D eigenvalue weighted by Gasteiger charge is -2.29. The first kappa shape index (κ1) is 21.0. The van der Waals surface area contributed by atoms with Crippen molar-refractivity contribution in [3.63, 3.8) is 0 Å². The van der Waals surface area contributed by atoms with Crippen LogP contribution in [0.3, 0.4) is 0 Å². The number of cyclic esters (lactones) is 1. The molecule has 33 heavy (non-hydrogen) atoms. The van der Waals surface area contributed by atoms with Crippen LogP contribution in [0.2, 0.25) is 0 Å². The van der Waals surface area contributed by atoms with Crippen molar-refractivity contribution < 1.29 is 23.5 Å². The number of ether oxygens (including phenoxy) is 1. The molecule has 2 aromatic carbocycles. The minimum atomic E-state index is -0.897. The average molecular weight is 444 g/mol. The number of esters is 1. The molecular formula is C26H24N2O5. The summed E-state index contributed by atoms with van der Waals surface area (Å²) in [5.41, 5.74) is 2.75. The van der Waals surface area contributed by atoms with Crippen LogP contribution in [-0.2, 0) is 29.0 Å². The van der Waals surface area contributed by atoms with Gasteiger partial charge in [-0.3, -0.25) is 9.59 Å². The lowest BCUT2D eigenvalue weighted by Crippen LogP contribution is -2.43. The Morgan fingerprint density at radius 3 is 2.48 bits per heavy atom. The molecule has 0 radical (unpaired) electrons. The summed E-state index contributed by atoms with van der Waals surface area (Å²) >= 11 is 0. The summed E-state index contributed by atoms with van der Waals surface area (Å²) < 4.78 is 10.9. The molecule has 2 aliphatic rings. The molecule has 5 rings (SSSR count). The maximum atomic E-state index is 13.4. The summed E-state index contributed by atoms with van der Waals surface area (Å²) in [6, 6.07) is 18.2. The number of furan rings is 1. The number of hydrogen-bond donors (Lipinski definition) is 1. The van der Waals surface area contributed by atoms with Gasteiger partial charge in [-0.2, -0.15) is 0 Å². The molecule has 7 heteroatoms. The van der Waals surface area contributed by atoms with Crippen LogP contribution in [0.5, 0.6) is 0 Å². The van der Waals surface area contributed by atoms with E-state index in [9.17, 15) is 14.4 Å². The van der Waals surface area contributed by atoms with Gasteiger partial charge in [-0.25, -0.2) is 4.79 Å². The van der Waals surface area contributed by atoms with E-state index in [0.717, 1.165) is 24.0 Å². The van der Waals surface area contributed by atoms with Gasteiger partial charge in [0.05, 0.1) is 18.4 Å². The third kappa shape index (κ3) is 4.82. The molecule has 1 N–H and O–H groups in total. The Kier molecular flexibility index (Phi) is 5.69. The molecule has 2 heterocycles. The van der Waals surface area contributed by atoms with Gasteiger partial charge < -0.3 is 19.4 Å². The zero-order valence-corrected chi connectivity index (χ0v) is 18.0. The Morgan fingerprint density at radius 1 is 0.970 bits per heavy atom. The minimum absolute atomic E-state index is 0.0830. The van der Waals surface area contributed by atoms with Gasteiger partial charge in [0.1, 0.15) is 5.76 Å². The van der Waals surface area contributed by atoms with Gasteiger partial charge in [-0.1, -0.05) is 30.3 Å². The Hall–Kier alpha value is -3.87. The van der Waals surface area contributed by atoms with Crippen LogP contribution >= 0.6 is 0 Å². The zero-order chi connectivity index (χ0) is 22.8. The second kappa shape index (κ2) is 8.94. The predicted octanol–water partition coefficient (Wildman–Crippen LogP) is 3.48. The predicted molar refractivity (Wildman–Crippen MR) is 119 cm³/mol. The number of rotatable bonds is 7. The van der Waals surface area contributed by atoms with Crippen molar-refractivity contribution in [2.45, 2.75) is 44.5 Å². The summed E-state index contributed by atoms with van der Waals surface area (Å²) in [4.78, 5) is 39.7. The molecule has 1 saturated carbocycles. The number of benzene rings is 2. The maximum Gasteiger partial charge on any atom is 0.339 e. The topological polar surface area (TPSA) is 88.9 Å². The lowest BCUT2D eigenvalue weighted by atomic mass is 9.98. The van der Waals surface area contributed by atoms with E-state index in [-0.39, 0.29) is 18.4 Å². The Bertz CT molecular complexity index is 1170. The van der Waals surface area contributed by atoms with E-state index in [1.165, 1.54) is 0 Å². The van der Waals surface area contributed by atoms with Gasteiger partial charge in [0.25, 0.3) is 11.8 Å². The molecule has 0 saturated heterocycles. The molecule has 1 aliphatic carbocycles. The van der Waals surface area contributed by atoms with Crippen LogP contribution in [-0.4, -0.2) is 34.8 Å². The molecule has 1 aliphatic heterocycles. The van der Waals surface area contributed by atoms with Crippen molar-refractivity contribution in [1.82, 2.24) is 10.2 Å². The van der Waals surface area contributed by atoms with E-state index in [1.54, 1.807) is 47.6 Å². The van der Waals surface area contributed by atoms with Gasteiger partial charge >= 0.3 is 5.97 Å². The Balaban J connectivity index is 1.33. The molecule has 3 aromatic rings. The summed E-state index contributed by atoms with van der Waals surface area (Å²) in [6.45, 7) is 0.533. The largest absolute Gasteiger partial charge is 0.467 e. The fraction of sp³-hybridized carbons (Fsp3) is 0.269. The van der Waals surface area contributed by atoms with Gasteiger partial charge in [-0.15, -0.1) is 0 Å². The summed E-state index contributed by atoms with van der Waals surface area (Å²) in [6.07, 6.45) is 3.05. The highest BCUT2D eigenvalue weighted by Crippen LogP contribution is 2.24. The number of amides is 2. The SMILES string of the molecule is O=C(NC1CC1)c1ccc(CN(Cc2ccco2)C(=O)C2Cc3ccccc3C(=O)O2)cc1. The van der Waals surface area contributed by atoms with Crippen LogP contribution in [0.25, 0.3) is 0 Å². The molecular weight excluding hydrogens is 420 g/mol. The quantitative estimate of drug-likeness (QED) is 0.564. The summed E-state index contributed by atoms with van der Waals surface area (Å²) in [5, 5.41) is 2.97. The smallest absolute Gasteiger partial charge is 0.339 e. The number of hydrogen-bond acceptors (Lipinski definition) is 5. The highest BCUT2D eigenvalue weighted by atomic mass is 16.5. The van der Waals surface area contributed by atoms with E-state index < -0.39 is 12.1 Å². The summed E-state index contributed by atoms with van der Waals surface area (Å²) in [5.74, 6) is -0.226. The molecule has 0 spiro atoms. The third-order valence-electron chi connectivity index (χ3n) is 5.91. The van der Waals surface area contributed by atoms with E-state index in [4.69, 9.17) is 9.15 Å². The Morgan fingerprint density at radius 2 is 1.76 bits per heavy atom. The molecule has 1 aromatic heterocycles. The molecule has 7 nitrogen and oxygen atoms in total. The number of carbonyl (C=O) groups is 3. The van der Waals surface area contributed by atoms with Crippen molar-refractivity contribution in [3.8, 4) is 0 Å². The van der Waals surface area contributed by atoms with Crippen molar-refractivity contribution in [2.75, 3.05) is 0 Å². The van der Waals surface area contributed by atoms with Gasteiger partial charge in [-0.05, 0) is 54.3 Å². The van der Waals surface area contributed by atoms with E-state index >= 15 is 0 Å². The van der Waals surface area contributed by atoms with Crippen LogP contribution in [0.4, 0.5) is 0 Å². The second-order valence-electron chi connectivity index (χ2n) is 8.47. The fourth-order valence-corrected chi connectivity index (χ4v) is 3.95. The van der Waals surface area contributed by atoms with Crippen LogP contribution in [0.15, 0.2) is 71.3 Å². The van der Waals surface area contributed by atoms with Crippen LogP contribution < -0.4 is 5.32 Å². The van der Waals surface area contributed by atoms with Crippen molar-refractivity contribution in [3.05, 3.63) is 94.9 Å². The normalized spacial score (nSPS) is 17.1. The molecule has 1 atom stereocenters. The molecule has 1 unspecified atom stereocenters. The highest BCUT2D eigenvalue weighted by Gasteiger charge is 2.34. The lowest BCUT2D eigenvalue weighted by molar-refractivity contribution is -0.142. The van der Waals surface area contributed by atoms with Crippen LogP contribution in [0.1, 0.15) is 50.4 Å². The third-order valence-corrected chi connectivity index (χ3v) is 5.91. The minimum Gasteiger partial charge on any atom is -0.467 e. The zero-order valence-electron chi connectivity index (χ0n) is 18.0. The van der Waals surface area contributed by atoms with Crippen molar-refractivity contribution >= 4 is 17.8 Å². The van der Waals surface area contributed by atoms with Gasteiger partial charge in [0, 0.05) is 24.6 Å². The molecule has 2 amide bonds. The highest BCUT2D eigenvalue weighted by molar-refractivity contribution is 5.96. The van der Waals surface area contributed by atoms with Gasteiger partial charge in [0.2, 0.25) is 0 Å². The van der Waals surface area contributed by atoms with E-state index in [0.29, 0.717) is 35.9 Å². The standard InChI is InChI=1S/C26H24N2O5/c29-24(27-20-11-12-20)18-9-7-17(8-10-18)15-28(16-21-5-3-13-32-21)25(30)23-14-19-4-1-2-6-22(19)26(31)33-23/h1-10,13,20,23H,11-12,14-16H2,(H,27,29). The second-order valence-corrected chi connectivity index (χ2v) is 8.47. The first-order valence-corrected chi connectivity index (χ1v) is 11.1. The molecule has 1 fully saturated rings. The first-order chi connectivity index (χ1) is 16.1. The van der Waals surface area contributed by atoms with Crippen molar-refractivity contribution in [1.29, 1.82) is 0 Å². The molecule has 0 bridgehead atoms. The monoisotopic (exact) mass is 444 g/mol. The average Bonchev–Trinajstić information content (AvgIpc) is 3.49. The Labute approximate surface area is 191 Å². The van der Waals surface area contributed by atoms with Gasteiger partial charge in [0.15, 0.2) is 6.10 Å². The molecule has 168 valence electrons. The summed E-state index contributed by atoms with van der Waals surface area (Å²) in [7, 11) is 0. The van der Waals surface area contributed by atoms with Crippen LogP contribution in [0, 0.1) is 0 Å². The number of nitrogens with one attached hydrogen (secondary N) is 1. The first-order valence-electron chi connectivity index (χ1n) is 11.1. The van der Waals surface area contributed by atoms with Crippen molar-refractivity contribution in [2.24, 2.45) is 0 Å². The van der Waals surface area contributed by atoms with E-state index in [2.05, 4.69) is 5.32 Å². The maximum absolute atomic E-state index is 13.4. The number of fused-ring (bicyclic) bond motifs is 1. The number of nitrogens with zero attached hydrogens (tertiary/aromatic N) is 1. The number of carbonyl (C=O) groups excluding carboxylic acids is 3. The fourth-order valence-electron chi connectivity index (χ4n) is 3.95. The van der Waals surface area contributed by atoms with E-state index in [1.807, 2.05) is 24.3 Å².